The first kappa shape index (κ1) is 12.2. The Morgan fingerprint density at radius 3 is 3.06 bits per heavy atom. The number of anilines is 2. The van der Waals surface area contributed by atoms with Gasteiger partial charge in [-0.3, -0.25) is 4.79 Å². The second-order valence-corrected chi connectivity index (χ2v) is 3.86. The molecule has 0 aliphatic carbocycles. The van der Waals surface area contributed by atoms with Crippen molar-refractivity contribution < 1.29 is 9.53 Å². The third-order valence-electron chi connectivity index (χ3n) is 2.67. The van der Waals surface area contributed by atoms with Gasteiger partial charge in [0.15, 0.2) is 0 Å². The van der Waals surface area contributed by atoms with Gasteiger partial charge in [0.2, 0.25) is 0 Å². The van der Waals surface area contributed by atoms with Gasteiger partial charge in [-0.1, -0.05) is 12.1 Å². The van der Waals surface area contributed by atoms with Gasteiger partial charge in [-0.25, -0.2) is 4.98 Å². The van der Waals surface area contributed by atoms with E-state index in [9.17, 15) is 4.79 Å². The zero-order valence-corrected chi connectivity index (χ0v) is 10.1. The first-order valence-corrected chi connectivity index (χ1v) is 5.66. The Morgan fingerprint density at radius 2 is 2.28 bits per heavy atom. The number of aromatic nitrogens is 1. The Bertz CT molecular complexity index is 564. The van der Waals surface area contributed by atoms with E-state index in [0.717, 1.165) is 10.8 Å². The summed E-state index contributed by atoms with van der Waals surface area (Å²) in [6.45, 7) is 0.465. The number of benzene rings is 1. The molecule has 0 saturated carbocycles. The molecule has 0 saturated heterocycles. The standard InChI is InChI=1S/C13H15N3O2/c1-18-11(17)6-8-16-13-12-9(5-7-15-13)3-2-4-10(12)14/h2-5,7H,6,8,14H2,1H3,(H,15,16). The summed E-state index contributed by atoms with van der Waals surface area (Å²) in [5.74, 6) is 0.435. The second-order valence-electron chi connectivity index (χ2n) is 3.86. The lowest BCUT2D eigenvalue weighted by molar-refractivity contribution is -0.140. The lowest BCUT2D eigenvalue weighted by Crippen LogP contribution is -2.11. The molecule has 3 N–H and O–H groups in total. The minimum absolute atomic E-state index is 0.254. The fraction of sp³-hybridized carbons (Fsp3) is 0.231. The summed E-state index contributed by atoms with van der Waals surface area (Å²) in [5, 5.41) is 5.00. The lowest BCUT2D eigenvalue weighted by Gasteiger charge is -2.09. The summed E-state index contributed by atoms with van der Waals surface area (Å²) in [7, 11) is 1.37. The van der Waals surface area contributed by atoms with Crippen LogP contribution < -0.4 is 11.1 Å². The lowest BCUT2D eigenvalue weighted by atomic mass is 10.1. The molecule has 94 valence electrons. The number of hydrogen-bond donors (Lipinski definition) is 2. The van der Waals surface area contributed by atoms with E-state index in [2.05, 4.69) is 15.0 Å². The number of esters is 1. The third-order valence-corrected chi connectivity index (χ3v) is 2.67. The van der Waals surface area contributed by atoms with Crippen LogP contribution in [0.15, 0.2) is 30.5 Å². The number of nitrogens with zero attached hydrogens (tertiary/aromatic N) is 1. The molecule has 0 aliphatic rings. The molecule has 1 aromatic carbocycles. The Kier molecular flexibility index (Phi) is 3.62. The molecular formula is C13H15N3O2. The minimum Gasteiger partial charge on any atom is -0.469 e. The third kappa shape index (κ3) is 2.51. The van der Waals surface area contributed by atoms with E-state index in [1.807, 2.05) is 24.3 Å². The number of nitrogen functional groups attached to an aromatic ring is 1. The second kappa shape index (κ2) is 5.35. The molecule has 0 atom stereocenters. The highest BCUT2D eigenvalue weighted by molar-refractivity contribution is 6.00. The van der Waals surface area contributed by atoms with E-state index in [-0.39, 0.29) is 5.97 Å². The number of carbonyl (C=O) groups excluding carboxylic acids is 1. The van der Waals surface area contributed by atoms with Crippen molar-refractivity contribution in [2.24, 2.45) is 0 Å². The predicted molar refractivity (Wildman–Crippen MR) is 71.3 cm³/mol. The van der Waals surface area contributed by atoms with Gasteiger partial charge in [0.1, 0.15) is 5.82 Å². The van der Waals surface area contributed by atoms with E-state index in [1.165, 1.54) is 7.11 Å². The van der Waals surface area contributed by atoms with Crippen LogP contribution in [0.1, 0.15) is 6.42 Å². The van der Waals surface area contributed by atoms with E-state index >= 15 is 0 Å². The Morgan fingerprint density at radius 1 is 1.44 bits per heavy atom. The summed E-state index contributed by atoms with van der Waals surface area (Å²) in [4.78, 5) is 15.3. The van der Waals surface area contributed by atoms with Crippen molar-refractivity contribution in [3.05, 3.63) is 30.5 Å². The van der Waals surface area contributed by atoms with E-state index in [1.54, 1.807) is 6.20 Å². The number of nitrogens with one attached hydrogen (secondary N) is 1. The predicted octanol–water partition coefficient (Wildman–Crippen LogP) is 1.79. The fourth-order valence-corrected chi connectivity index (χ4v) is 1.78. The van der Waals surface area contributed by atoms with Gasteiger partial charge in [0, 0.05) is 23.8 Å². The first-order chi connectivity index (χ1) is 8.72. The van der Waals surface area contributed by atoms with E-state index in [0.29, 0.717) is 24.5 Å². The molecule has 1 heterocycles. The van der Waals surface area contributed by atoms with Crippen molar-refractivity contribution in [3.63, 3.8) is 0 Å². The van der Waals surface area contributed by atoms with Crippen LogP contribution in [0.2, 0.25) is 0 Å². The number of hydrogen-bond acceptors (Lipinski definition) is 5. The number of nitrogens with two attached hydrogens (primary N) is 1. The zero-order valence-electron chi connectivity index (χ0n) is 10.1. The molecule has 0 radical (unpaired) electrons. The molecular weight excluding hydrogens is 230 g/mol. The quantitative estimate of drug-likeness (QED) is 0.634. The van der Waals surface area contributed by atoms with E-state index < -0.39 is 0 Å². The smallest absolute Gasteiger partial charge is 0.307 e. The van der Waals surface area contributed by atoms with Crippen LogP contribution in [-0.4, -0.2) is 24.6 Å². The molecule has 0 amide bonds. The van der Waals surface area contributed by atoms with Gasteiger partial charge in [-0.2, -0.15) is 0 Å². The highest BCUT2D eigenvalue weighted by Crippen LogP contribution is 2.26. The molecule has 1 aromatic heterocycles. The molecule has 5 heteroatoms. The monoisotopic (exact) mass is 245 g/mol. The van der Waals surface area contributed by atoms with Crippen molar-refractivity contribution in [3.8, 4) is 0 Å². The van der Waals surface area contributed by atoms with Crippen molar-refractivity contribution in [2.75, 3.05) is 24.7 Å². The molecule has 0 unspecified atom stereocenters. The van der Waals surface area contributed by atoms with Gasteiger partial charge in [0.05, 0.1) is 13.5 Å². The molecule has 0 aliphatic heterocycles. The molecule has 2 aromatic rings. The van der Waals surface area contributed by atoms with Gasteiger partial charge >= 0.3 is 5.97 Å². The van der Waals surface area contributed by atoms with Crippen LogP contribution in [0.4, 0.5) is 11.5 Å². The number of pyridine rings is 1. The Labute approximate surface area is 105 Å². The highest BCUT2D eigenvalue weighted by atomic mass is 16.5. The van der Waals surface area contributed by atoms with Crippen molar-refractivity contribution >= 4 is 28.2 Å². The van der Waals surface area contributed by atoms with Gasteiger partial charge in [0.25, 0.3) is 0 Å². The summed E-state index contributed by atoms with van der Waals surface area (Å²) in [6, 6.07) is 7.60. The molecule has 18 heavy (non-hydrogen) atoms. The van der Waals surface area contributed by atoms with Crippen molar-refractivity contribution in [1.29, 1.82) is 0 Å². The normalized spacial score (nSPS) is 10.3. The largest absolute Gasteiger partial charge is 0.469 e. The van der Waals surface area contributed by atoms with Gasteiger partial charge in [-0.05, 0) is 17.5 Å². The number of rotatable bonds is 4. The molecule has 0 spiro atoms. The summed E-state index contributed by atoms with van der Waals surface area (Å²) in [5.41, 5.74) is 6.61. The number of methoxy groups -OCH3 is 1. The zero-order chi connectivity index (χ0) is 13.0. The summed E-state index contributed by atoms with van der Waals surface area (Å²) < 4.78 is 4.58. The van der Waals surface area contributed by atoms with Crippen molar-refractivity contribution in [1.82, 2.24) is 4.98 Å². The Hall–Kier alpha value is -2.30. The molecule has 2 rings (SSSR count). The average molecular weight is 245 g/mol. The number of ether oxygens (including phenoxy) is 1. The van der Waals surface area contributed by atoms with Crippen LogP contribution in [0.25, 0.3) is 10.8 Å². The fourth-order valence-electron chi connectivity index (χ4n) is 1.78. The first-order valence-electron chi connectivity index (χ1n) is 5.66. The Balaban J connectivity index is 2.20. The van der Waals surface area contributed by atoms with Crippen LogP contribution in [0.5, 0.6) is 0 Å². The minimum atomic E-state index is -0.254. The van der Waals surface area contributed by atoms with Gasteiger partial charge in [-0.15, -0.1) is 0 Å². The number of carbonyl (C=O) groups is 1. The average Bonchev–Trinajstić information content (AvgIpc) is 2.39. The van der Waals surface area contributed by atoms with Crippen molar-refractivity contribution in [2.45, 2.75) is 6.42 Å². The highest BCUT2D eigenvalue weighted by Gasteiger charge is 2.06. The molecule has 5 nitrogen and oxygen atoms in total. The van der Waals surface area contributed by atoms with Crippen LogP contribution in [0, 0.1) is 0 Å². The number of fused-ring (bicyclic) bond motifs is 1. The maximum atomic E-state index is 11.0. The SMILES string of the molecule is COC(=O)CCNc1nccc2cccc(N)c12. The maximum Gasteiger partial charge on any atom is 0.307 e. The van der Waals surface area contributed by atoms with Gasteiger partial charge < -0.3 is 15.8 Å². The molecule has 0 fully saturated rings. The maximum absolute atomic E-state index is 11.0. The topological polar surface area (TPSA) is 77.2 Å². The van der Waals surface area contributed by atoms with Crippen LogP contribution in [-0.2, 0) is 9.53 Å². The summed E-state index contributed by atoms with van der Waals surface area (Å²) >= 11 is 0. The van der Waals surface area contributed by atoms with Crippen LogP contribution >= 0.6 is 0 Å². The van der Waals surface area contributed by atoms with E-state index in [4.69, 9.17) is 5.73 Å². The van der Waals surface area contributed by atoms with Crippen LogP contribution in [0.3, 0.4) is 0 Å². The summed E-state index contributed by atoms with van der Waals surface area (Å²) in [6.07, 6.45) is 2.00. The molecule has 0 bridgehead atoms.